The first kappa shape index (κ1) is 70.9. The Morgan fingerprint density at radius 1 is 0.520 bits per heavy atom. The summed E-state index contributed by atoms with van der Waals surface area (Å²) >= 11 is 0. The second kappa shape index (κ2) is 52.6. The van der Waals surface area contributed by atoms with E-state index in [9.17, 15) is 35.1 Å². The molecule has 6 N–H and O–H groups in total. The van der Waals surface area contributed by atoms with E-state index in [1.165, 1.54) is 205 Å². The van der Waals surface area contributed by atoms with Gasteiger partial charge in [0.05, 0.1) is 25.4 Å². The summed E-state index contributed by atoms with van der Waals surface area (Å²) in [6, 6.07) is -1.05. The number of allylic oxidation sites excluding steroid dienone is 4. The largest absolute Gasteiger partial charge is 0.454 e. The lowest BCUT2D eigenvalue weighted by molar-refractivity contribution is -0.305. The summed E-state index contributed by atoms with van der Waals surface area (Å²) in [6.07, 6.45) is 52.3. The quantitative estimate of drug-likeness (QED) is 0.0195. The van der Waals surface area contributed by atoms with Gasteiger partial charge in [0.2, 0.25) is 5.91 Å². The van der Waals surface area contributed by atoms with Crippen molar-refractivity contribution in [1.82, 2.24) is 5.32 Å². The summed E-state index contributed by atoms with van der Waals surface area (Å²) in [5.74, 6) is -1.26. The molecule has 1 fully saturated rings. The van der Waals surface area contributed by atoms with Crippen LogP contribution < -0.4 is 5.32 Å². The number of unbranched alkanes of at least 4 members (excludes halogenated alkanes) is 37. The van der Waals surface area contributed by atoms with Crippen molar-refractivity contribution in [2.24, 2.45) is 0 Å². The van der Waals surface area contributed by atoms with Gasteiger partial charge in [-0.2, -0.15) is 0 Å². The zero-order valence-electron chi connectivity index (χ0n) is 48.7. The summed E-state index contributed by atoms with van der Waals surface area (Å²) in [6.45, 7) is 5.75. The predicted molar refractivity (Wildman–Crippen MR) is 311 cm³/mol. The summed E-state index contributed by atoms with van der Waals surface area (Å²) < 4.78 is 17.6. The molecule has 0 aromatic heterocycles. The summed E-state index contributed by atoms with van der Waals surface area (Å²) in [5.41, 5.74) is 0. The Balaban J connectivity index is 2.60. The summed E-state index contributed by atoms with van der Waals surface area (Å²) in [5, 5.41) is 56.8. The molecule has 0 radical (unpaired) electrons. The number of aliphatic hydroxyl groups excluding tert-OH is 5. The van der Waals surface area contributed by atoms with E-state index in [0.717, 1.165) is 44.9 Å². The SMILES string of the molecule is CCCCCCCC/C=C\C/C=C/CC(O)C(=O)NC(COC1OC(CO)C(O)C(O)C1OC(=O)CCCCCCCCCCCCCCCCCCCCCCCCC)C(O)/C=C/CCCCCCCCCCC. The van der Waals surface area contributed by atoms with Crippen LogP contribution in [0.25, 0.3) is 0 Å². The molecule has 8 atom stereocenters. The fourth-order valence-corrected chi connectivity index (χ4v) is 9.99. The van der Waals surface area contributed by atoms with Crippen LogP contribution in [0.4, 0.5) is 0 Å². The zero-order chi connectivity index (χ0) is 54.7. The minimum atomic E-state index is -1.62. The molecule has 0 aromatic carbocycles. The van der Waals surface area contributed by atoms with E-state index >= 15 is 0 Å². The lowest BCUT2D eigenvalue weighted by Crippen LogP contribution is -2.61. The lowest BCUT2D eigenvalue weighted by atomic mass is 9.99. The Hall–Kier alpha value is -2.12. The Morgan fingerprint density at radius 3 is 1.36 bits per heavy atom. The molecule has 440 valence electrons. The number of nitrogens with one attached hydrogen (secondary N) is 1. The Bertz CT molecular complexity index is 1360. The van der Waals surface area contributed by atoms with Gasteiger partial charge in [-0.25, -0.2) is 0 Å². The minimum absolute atomic E-state index is 0.0842. The van der Waals surface area contributed by atoms with Crippen LogP contribution in [0.2, 0.25) is 0 Å². The third kappa shape index (κ3) is 40.7. The van der Waals surface area contributed by atoms with Crippen molar-refractivity contribution in [1.29, 1.82) is 0 Å². The molecule has 1 aliphatic rings. The van der Waals surface area contributed by atoms with Crippen LogP contribution in [-0.2, 0) is 23.8 Å². The van der Waals surface area contributed by atoms with E-state index in [4.69, 9.17) is 14.2 Å². The van der Waals surface area contributed by atoms with Crippen LogP contribution in [0.5, 0.6) is 0 Å². The molecular weight excluding hydrogens is 943 g/mol. The predicted octanol–water partition coefficient (Wildman–Crippen LogP) is 15.1. The molecule has 1 aliphatic heterocycles. The monoisotopic (exact) mass is 1060 g/mol. The Morgan fingerprint density at radius 2 is 0.920 bits per heavy atom. The highest BCUT2D eigenvalue weighted by atomic mass is 16.7. The molecule has 0 aliphatic carbocycles. The van der Waals surface area contributed by atoms with Crippen molar-refractivity contribution in [3.63, 3.8) is 0 Å². The molecule has 0 bridgehead atoms. The van der Waals surface area contributed by atoms with Crippen molar-refractivity contribution >= 4 is 11.9 Å². The van der Waals surface area contributed by atoms with Gasteiger partial charge in [-0.05, 0) is 38.5 Å². The molecule has 0 saturated carbocycles. The van der Waals surface area contributed by atoms with Crippen molar-refractivity contribution < 1.29 is 49.3 Å². The number of rotatable bonds is 54. The van der Waals surface area contributed by atoms with Crippen LogP contribution >= 0.6 is 0 Å². The molecule has 11 heteroatoms. The van der Waals surface area contributed by atoms with Crippen molar-refractivity contribution in [2.75, 3.05) is 13.2 Å². The highest BCUT2D eigenvalue weighted by molar-refractivity contribution is 5.81. The average Bonchev–Trinajstić information content (AvgIpc) is 3.41. The second-order valence-electron chi connectivity index (χ2n) is 22.2. The van der Waals surface area contributed by atoms with Gasteiger partial charge in [0, 0.05) is 12.8 Å². The number of amides is 1. The lowest BCUT2D eigenvalue weighted by Gasteiger charge is -2.41. The number of aliphatic hydroxyl groups is 5. The number of carbonyl (C=O) groups is 2. The number of hydrogen-bond donors (Lipinski definition) is 6. The molecule has 1 heterocycles. The van der Waals surface area contributed by atoms with Gasteiger partial charge in [0.15, 0.2) is 12.4 Å². The van der Waals surface area contributed by atoms with Crippen molar-refractivity contribution in [3.05, 3.63) is 36.5 Å². The van der Waals surface area contributed by atoms with E-state index in [0.29, 0.717) is 12.8 Å². The third-order valence-corrected chi connectivity index (χ3v) is 15.1. The maximum absolute atomic E-state index is 13.3. The van der Waals surface area contributed by atoms with E-state index in [1.807, 2.05) is 12.2 Å². The fourth-order valence-electron chi connectivity index (χ4n) is 9.99. The summed E-state index contributed by atoms with van der Waals surface area (Å²) in [7, 11) is 0. The molecule has 1 amide bonds. The first-order valence-corrected chi connectivity index (χ1v) is 31.8. The molecule has 11 nitrogen and oxygen atoms in total. The van der Waals surface area contributed by atoms with Gasteiger partial charge >= 0.3 is 5.97 Å². The number of esters is 1. The van der Waals surface area contributed by atoms with E-state index in [1.54, 1.807) is 12.2 Å². The van der Waals surface area contributed by atoms with Gasteiger partial charge in [0.25, 0.3) is 0 Å². The first-order chi connectivity index (χ1) is 36.7. The van der Waals surface area contributed by atoms with Crippen molar-refractivity contribution in [2.45, 2.75) is 346 Å². The number of ether oxygens (including phenoxy) is 3. The van der Waals surface area contributed by atoms with Gasteiger partial charge in [-0.15, -0.1) is 0 Å². The second-order valence-corrected chi connectivity index (χ2v) is 22.2. The minimum Gasteiger partial charge on any atom is -0.454 e. The maximum atomic E-state index is 13.3. The number of carbonyl (C=O) groups excluding carboxylic acids is 2. The van der Waals surface area contributed by atoms with Gasteiger partial charge in [-0.1, -0.05) is 282 Å². The molecule has 1 saturated heterocycles. The van der Waals surface area contributed by atoms with Crippen molar-refractivity contribution in [3.8, 4) is 0 Å². The van der Waals surface area contributed by atoms with Crippen LogP contribution in [0.1, 0.15) is 297 Å². The molecule has 0 spiro atoms. The first-order valence-electron chi connectivity index (χ1n) is 31.8. The fraction of sp³-hybridized carbons (Fsp3) is 0.875. The van der Waals surface area contributed by atoms with E-state index in [2.05, 4.69) is 38.2 Å². The normalized spacial score (nSPS) is 19.4. The Kier molecular flexibility index (Phi) is 49.7. The summed E-state index contributed by atoms with van der Waals surface area (Å²) in [4.78, 5) is 26.5. The van der Waals surface area contributed by atoms with Gasteiger partial charge in [-0.3, -0.25) is 9.59 Å². The van der Waals surface area contributed by atoms with Crippen LogP contribution in [0.3, 0.4) is 0 Å². The van der Waals surface area contributed by atoms with Gasteiger partial charge < -0.3 is 45.1 Å². The molecule has 1 rings (SSSR count). The maximum Gasteiger partial charge on any atom is 0.306 e. The van der Waals surface area contributed by atoms with Crippen LogP contribution in [-0.4, -0.2) is 99.6 Å². The van der Waals surface area contributed by atoms with Gasteiger partial charge in [0.1, 0.15) is 24.4 Å². The molecule has 75 heavy (non-hydrogen) atoms. The molecule has 8 unspecified atom stereocenters. The van der Waals surface area contributed by atoms with E-state index in [-0.39, 0.29) is 19.4 Å². The number of hydrogen-bond acceptors (Lipinski definition) is 10. The van der Waals surface area contributed by atoms with Crippen LogP contribution in [0, 0.1) is 0 Å². The standard InChI is InChI=1S/C64H119NO10/c1-4-7-10-13-16-19-22-24-25-26-27-28-29-30-31-32-33-34-37-40-43-46-49-52-59(69)75-62-61(71)60(70)58(53-66)74-64(62)73-54-55(56(67)50-47-44-41-38-35-21-18-15-12-9-6-3)65-63(72)57(68)51-48-45-42-39-36-23-20-17-14-11-8-5-2/h36,39,45,47-48,50,55-58,60-62,64,66-68,70-71H,4-35,37-38,40-44,46,49,51-54H2,1-3H3,(H,65,72)/b39-36-,48-45+,50-47+. The third-order valence-electron chi connectivity index (χ3n) is 15.1. The zero-order valence-corrected chi connectivity index (χ0v) is 48.7. The smallest absolute Gasteiger partial charge is 0.306 e. The molecule has 0 aromatic rings. The molecular formula is C64H119NO10. The highest BCUT2D eigenvalue weighted by Gasteiger charge is 2.47. The topological polar surface area (TPSA) is 175 Å². The highest BCUT2D eigenvalue weighted by Crippen LogP contribution is 2.26. The average molecular weight is 1060 g/mol. The van der Waals surface area contributed by atoms with E-state index < -0.39 is 67.4 Å². The Labute approximate surface area is 460 Å². The van der Waals surface area contributed by atoms with Crippen LogP contribution in [0.15, 0.2) is 36.5 Å².